The first-order valence-corrected chi connectivity index (χ1v) is 10.2. The third kappa shape index (κ3) is 3.73. The summed E-state index contributed by atoms with van der Waals surface area (Å²) >= 11 is 0. The fraction of sp³-hybridized carbons (Fsp3) is 0.292. The number of hydrogen-bond donors (Lipinski definition) is 1. The topological polar surface area (TPSA) is 58.1 Å². The van der Waals surface area contributed by atoms with Gasteiger partial charge in [0.05, 0.1) is 5.52 Å². The van der Waals surface area contributed by atoms with Crippen LogP contribution in [0.5, 0.6) is 0 Å². The highest BCUT2D eigenvalue weighted by Gasteiger charge is 2.55. The van der Waals surface area contributed by atoms with Crippen LogP contribution < -0.4 is 10.2 Å². The third-order valence-electron chi connectivity index (χ3n) is 6.23. The predicted molar refractivity (Wildman–Crippen MR) is 115 cm³/mol. The lowest BCUT2D eigenvalue weighted by atomic mass is 10.1. The van der Waals surface area contributed by atoms with Crippen LogP contribution in [0, 0.1) is 17.8 Å². The van der Waals surface area contributed by atoms with Gasteiger partial charge >= 0.3 is 0 Å². The Hall–Kier alpha value is -3.21. The second kappa shape index (κ2) is 7.66. The molecule has 146 valence electrons. The molecule has 0 radical (unpaired) electrons. The van der Waals surface area contributed by atoms with Crippen LogP contribution in [0.4, 0.5) is 5.69 Å². The maximum atomic E-state index is 12.0. The first kappa shape index (κ1) is 17.9. The molecule has 1 unspecified atom stereocenters. The Morgan fingerprint density at radius 1 is 1.10 bits per heavy atom. The lowest BCUT2D eigenvalue weighted by Gasteiger charge is -2.23. The minimum atomic E-state index is -0.0375. The van der Waals surface area contributed by atoms with E-state index >= 15 is 0 Å². The van der Waals surface area contributed by atoms with Gasteiger partial charge in [0.25, 0.3) is 0 Å². The van der Waals surface area contributed by atoms with Gasteiger partial charge < -0.3 is 10.2 Å². The maximum Gasteiger partial charge on any atom is 0.244 e. The molecule has 2 aromatic heterocycles. The summed E-state index contributed by atoms with van der Waals surface area (Å²) in [5.74, 6) is 2.21. The highest BCUT2D eigenvalue weighted by Crippen LogP contribution is 2.54. The Balaban J connectivity index is 1.10. The lowest BCUT2D eigenvalue weighted by molar-refractivity contribution is -0.116. The quantitative estimate of drug-likeness (QED) is 0.661. The summed E-state index contributed by atoms with van der Waals surface area (Å²) in [6, 6.07) is 14.3. The van der Waals surface area contributed by atoms with E-state index in [1.807, 2.05) is 24.4 Å². The summed E-state index contributed by atoms with van der Waals surface area (Å²) in [6.45, 7) is 2.96. The summed E-state index contributed by atoms with van der Waals surface area (Å²) in [7, 11) is 0. The largest absolute Gasteiger partial charge is 0.370 e. The zero-order valence-corrected chi connectivity index (χ0v) is 16.2. The second-order valence-corrected chi connectivity index (χ2v) is 7.94. The molecule has 1 aliphatic carbocycles. The van der Waals surface area contributed by atoms with E-state index in [0.29, 0.717) is 0 Å². The molecule has 2 aliphatic rings. The van der Waals surface area contributed by atoms with Gasteiger partial charge in [0.1, 0.15) is 0 Å². The number of fused-ring (bicyclic) bond motifs is 2. The molecule has 1 N–H and O–H groups in total. The molecule has 3 heterocycles. The Labute approximate surface area is 170 Å². The molecule has 1 saturated heterocycles. The van der Waals surface area contributed by atoms with Gasteiger partial charge in [-0.1, -0.05) is 24.3 Å². The van der Waals surface area contributed by atoms with Gasteiger partial charge in [-0.05, 0) is 54.0 Å². The summed E-state index contributed by atoms with van der Waals surface area (Å²) in [5, 5.41) is 4.25. The smallest absolute Gasteiger partial charge is 0.244 e. The molecular formula is C24H24N4O. The van der Waals surface area contributed by atoms with Crippen molar-refractivity contribution in [3.05, 3.63) is 72.7 Å². The number of nitrogens with zero attached hydrogens (tertiary/aromatic N) is 3. The number of hydrogen-bond acceptors (Lipinski definition) is 4. The number of aromatic nitrogens is 2. The number of nitrogens with one attached hydrogen (secondary N) is 1. The van der Waals surface area contributed by atoms with Crippen molar-refractivity contribution in [2.45, 2.75) is 6.42 Å². The zero-order chi connectivity index (χ0) is 19.6. The Bertz CT molecular complexity index is 1030. The average molecular weight is 384 g/mol. The van der Waals surface area contributed by atoms with E-state index in [1.54, 1.807) is 24.5 Å². The lowest BCUT2D eigenvalue weighted by Crippen LogP contribution is -2.26. The van der Waals surface area contributed by atoms with Gasteiger partial charge in [0.15, 0.2) is 0 Å². The zero-order valence-electron chi connectivity index (χ0n) is 16.2. The number of amides is 1. The second-order valence-electron chi connectivity index (χ2n) is 7.94. The SMILES string of the molecule is O=C(/C=C/c1cccnc1)NCCC1[C@H]2CN(c3ccnc4ccccc34)C[C@@H]12. The number of benzene rings is 1. The molecule has 0 bridgehead atoms. The van der Waals surface area contributed by atoms with Gasteiger partial charge in [-0.15, -0.1) is 0 Å². The number of carbonyl (C=O) groups is 1. The summed E-state index contributed by atoms with van der Waals surface area (Å²) in [4.78, 5) is 23.0. The van der Waals surface area contributed by atoms with Crippen molar-refractivity contribution >= 4 is 28.6 Å². The van der Waals surface area contributed by atoms with Crippen LogP contribution in [0.3, 0.4) is 0 Å². The van der Waals surface area contributed by atoms with Crippen LogP contribution in [-0.2, 0) is 4.79 Å². The molecule has 3 atom stereocenters. The van der Waals surface area contributed by atoms with Crippen LogP contribution in [0.1, 0.15) is 12.0 Å². The van der Waals surface area contributed by atoms with Crippen LogP contribution in [0.15, 0.2) is 67.1 Å². The molecular weight excluding hydrogens is 360 g/mol. The van der Waals surface area contributed by atoms with Crippen molar-refractivity contribution in [2.24, 2.45) is 17.8 Å². The highest BCUT2D eigenvalue weighted by molar-refractivity contribution is 5.92. The number of piperidine rings is 1. The van der Waals surface area contributed by atoms with Crippen LogP contribution in [-0.4, -0.2) is 35.5 Å². The Morgan fingerprint density at radius 3 is 2.79 bits per heavy atom. The molecule has 29 heavy (non-hydrogen) atoms. The highest BCUT2D eigenvalue weighted by atomic mass is 16.1. The van der Waals surface area contributed by atoms with Crippen molar-refractivity contribution < 1.29 is 4.79 Å². The minimum Gasteiger partial charge on any atom is -0.370 e. The van der Waals surface area contributed by atoms with Crippen molar-refractivity contribution in [1.29, 1.82) is 0 Å². The summed E-state index contributed by atoms with van der Waals surface area (Å²) in [5.41, 5.74) is 3.29. The Morgan fingerprint density at radius 2 is 1.97 bits per heavy atom. The monoisotopic (exact) mass is 384 g/mol. The van der Waals surface area contributed by atoms with Crippen LogP contribution >= 0.6 is 0 Å². The molecule has 5 nitrogen and oxygen atoms in total. The van der Waals surface area contributed by atoms with E-state index in [0.717, 1.165) is 54.9 Å². The molecule has 5 heteroatoms. The molecule has 2 fully saturated rings. The van der Waals surface area contributed by atoms with E-state index in [4.69, 9.17) is 0 Å². The summed E-state index contributed by atoms with van der Waals surface area (Å²) in [6.07, 6.45) is 9.82. The minimum absolute atomic E-state index is 0.0375. The van der Waals surface area contributed by atoms with Gasteiger partial charge in [-0.3, -0.25) is 14.8 Å². The standard InChI is InChI=1S/C24H24N4O/c29-24(8-7-17-4-3-11-25-14-17)27-12-9-18-20-15-28(16-21(18)20)23-10-13-26-22-6-2-1-5-19(22)23/h1-8,10-11,13-14,18,20-21H,9,12,15-16H2,(H,27,29)/b8-7+/t18?,20-,21+. The number of carbonyl (C=O) groups excluding carboxylic acids is 1. The molecule has 1 aliphatic heterocycles. The molecule has 0 spiro atoms. The van der Waals surface area contributed by atoms with Crippen LogP contribution in [0.25, 0.3) is 17.0 Å². The molecule has 1 aromatic carbocycles. The molecule has 5 rings (SSSR count). The predicted octanol–water partition coefficient (Wildman–Crippen LogP) is 3.53. The van der Waals surface area contributed by atoms with Gasteiger partial charge in [-0.25, -0.2) is 0 Å². The number of anilines is 1. The van der Waals surface area contributed by atoms with Crippen molar-refractivity contribution in [3.63, 3.8) is 0 Å². The number of rotatable bonds is 6. The molecule has 1 saturated carbocycles. The molecule has 1 amide bonds. The van der Waals surface area contributed by atoms with Crippen molar-refractivity contribution in [1.82, 2.24) is 15.3 Å². The third-order valence-corrected chi connectivity index (χ3v) is 6.23. The fourth-order valence-corrected chi connectivity index (χ4v) is 4.70. The van der Waals surface area contributed by atoms with E-state index in [1.165, 1.54) is 11.1 Å². The molecule has 3 aromatic rings. The van der Waals surface area contributed by atoms with E-state index in [9.17, 15) is 4.79 Å². The first-order valence-electron chi connectivity index (χ1n) is 10.2. The first-order chi connectivity index (χ1) is 14.3. The normalized spacial score (nSPS) is 22.8. The summed E-state index contributed by atoms with van der Waals surface area (Å²) < 4.78 is 0. The van der Waals surface area contributed by atoms with Gasteiger partial charge in [0, 0.05) is 55.4 Å². The van der Waals surface area contributed by atoms with Gasteiger partial charge in [-0.2, -0.15) is 0 Å². The van der Waals surface area contributed by atoms with Crippen molar-refractivity contribution in [3.8, 4) is 0 Å². The van der Waals surface area contributed by atoms with Gasteiger partial charge in [0.2, 0.25) is 5.91 Å². The average Bonchev–Trinajstić information content (AvgIpc) is 3.21. The fourth-order valence-electron chi connectivity index (χ4n) is 4.70. The number of pyridine rings is 2. The van der Waals surface area contributed by atoms with Crippen LogP contribution in [0.2, 0.25) is 0 Å². The maximum absolute atomic E-state index is 12.0. The van der Waals surface area contributed by atoms with E-state index in [2.05, 4.69) is 44.5 Å². The van der Waals surface area contributed by atoms with E-state index in [-0.39, 0.29) is 5.91 Å². The number of para-hydroxylation sites is 1. The van der Waals surface area contributed by atoms with E-state index < -0.39 is 0 Å². The Kier molecular flexibility index (Phi) is 4.72. The van der Waals surface area contributed by atoms with Crippen molar-refractivity contribution in [2.75, 3.05) is 24.5 Å².